The second-order valence-corrected chi connectivity index (χ2v) is 3.22. The lowest BCUT2D eigenvalue weighted by molar-refractivity contribution is 0.506. The second-order valence-electron chi connectivity index (χ2n) is 3.22. The number of allylic oxidation sites excluding steroid dienone is 1. The quantitative estimate of drug-likeness (QED) is 0.686. The summed E-state index contributed by atoms with van der Waals surface area (Å²) in [5, 5.41) is 0. The number of halogens is 2. The summed E-state index contributed by atoms with van der Waals surface area (Å²) in [6, 6.07) is 2.54. The molecule has 0 N–H and O–H groups in total. The molecule has 1 aromatic rings. The third-order valence-electron chi connectivity index (χ3n) is 2.05. The smallest absolute Gasteiger partial charge is 0.159 e. The van der Waals surface area contributed by atoms with E-state index in [2.05, 4.69) is 0 Å². The molecular weight excluding hydrogens is 182 g/mol. The second kappa shape index (κ2) is 4.89. The van der Waals surface area contributed by atoms with Crippen LogP contribution in [0.5, 0.6) is 0 Å². The molecule has 76 valence electrons. The summed E-state index contributed by atoms with van der Waals surface area (Å²) in [6.07, 6.45) is 5.33. The zero-order chi connectivity index (χ0) is 10.6. The fourth-order valence-corrected chi connectivity index (χ4v) is 1.42. The van der Waals surface area contributed by atoms with E-state index in [1.807, 2.05) is 19.9 Å². The fraction of sp³-hybridized carbons (Fsp3) is 0.333. The Bertz CT molecular complexity index is 340. The topological polar surface area (TPSA) is 0 Å². The minimum Gasteiger partial charge on any atom is -0.204 e. The van der Waals surface area contributed by atoms with Crippen molar-refractivity contribution >= 4 is 6.08 Å². The van der Waals surface area contributed by atoms with Crippen molar-refractivity contribution in [3.05, 3.63) is 41.0 Å². The van der Waals surface area contributed by atoms with Gasteiger partial charge in [0.15, 0.2) is 11.6 Å². The predicted octanol–water partition coefficient (Wildman–Crippen LogP) is 3.95. The van der Waals surface area contributed by atoms with E-state index in [1.54, 1.807) is 6.08 Å². The first kappa shape index (κ1) is 10.9. The summed E-state index contributed by atoms with van der Waals surface area (Å²) in [4.78, 5) is 0. The molecular formula is C12H14F2. The monoisotopic (exact) mass is 196 g/mol. The van der Waals surface area contributed by atoms with Crippen molar-refractivity contribution < 1.29 is 8.78 Å². The van der Waals surface area contributed by atoms with Crippen molar-refractivity contribution in [2.24, 2.45) is 0 Å². The molecule has 1 aromatic carbocycles. The molecule has 0 heterocycles. The summed E-state index contributed by atoms with van der Waals surface area (Å²) < 4.78 is 25.8. The molecule has 2 heteroatoms. The van der Waals surface area contributed by atoms with Gasteiger partial charge in [-0.2, -0.15) is 0 Å². The van der Waals surface area contributed by atoms with Gasteiger partial charge in [-0.05, 0) is 36.6 Å². The Morgan fingerprint density at radius 1 is 1.21 bits per heavy atom. The van der Waals surface area contributed by atoms with Crippen LogP contribution in [0.25, 0.3) is 6.08 Å². The first-order valence-corrected chi connectivity index (χ1v) is 4.79. The Morgan fingerprint density at radius 3 is 2.43 bits per heavy atom. The average Bonchev–Trinajstić information content (AvgIpc) is 2.14. The van der Waals surface area contributed by atoms with E-state index in [0.717, 1.165) is 24.0 Å². The van der Waals surface area contributed by atoms with E-state index in [1.165, 1.54) is 12.1 Å². The van der Waals surface area contributed by atoms with Crippen molar-refractivity contribution in [2.75, 3.05) is 0 Å². The largest absolute Gasteiger partial charge is 0.204 e. The van der Waals surface area contributed by atoms with Gasteiger partial charge in [0.2, 0.25) is 0 Å². The van der Waals surface area contributed by atoms with Crippen LogP contribution in [0, 0.1) is 11.6 Å². The van der Waals surface area contributed by atoms with E-state index in [0.29, 0.717) is 0 Å². The Morgan fingerprint density at radius 2 is 1.86 bits per heavy atom. The average molecular weight is 196 g/mol. The Kier molecular flexibility index (Phi) is 3.81. The van der Waals surface area contributed by atoms with E-state index in [-0.39, 0.29) is 0 Å². The molecule has 0 aliphatic heterocycles. The van der Waals surface area contributed by atoms with Gasteiger partial charge in [0.05, 0.1) is 0 Å². The fourth-order valence-electron chi connectivity index (χ4n) is 1.42. The van der Waals surface area contributed by atoms with Crippen molar-refractivity contribution in [3.8, 4) is 0 Å². The van der Waals surface area contributed by atoms with Crippen LogP contribution < -0.4 is 0 Å². The van der Waals surface area contributed by atoms with Gasteiger partial charge in [-0.1, -0.05) is 25.5 Å². The van der Waals surface area contributed by atoms with Crippen LogP contribution in [-0.2, 0) is 6.42 Å². The maximum atomic E-state index is 12.9. The zero-order valence-corrected chi connectivity index (χ0v) is 8.48. The van der Waals surface area contributed by atoms with Crippen LogP contribution in [0.15, 0.2) is 18.2 Å². The lowest BCUT2D eigenvalue weighted by Crippen LogP contribution is -1.94. The SMILES string of the molecule is C/C=C\c1cc(F)c(F)cc1CCC. The number of hydrogen-bond acceptors (Lipinski definition) is 0. The van der Waals surface area contributed by atoms with Crippen LogP contribution >= 0.6 is 0 Å². The van der Waals surface area contributed by atoms with Crippen LogP contribution in [-0.4, -0.2) is 0 Å². The maximum absolute atomic E-state index is 12.9. The molecule has 0 radical (unpaired) electrons. The molecule has 0 saturated carbocycles. The Labute approximate surface area is 83.3 Å². The standard InChI is InChI=1S/C12H14F2/c1-3-5-9-7-11(13)12(14)8-10(9)6-4-2/h3,5,7-8H,4,6H2,1-2H3/b5-3-. The van der Waals surface area contributed by atoms with Crippen molar-refractivity contribution in [1.82, 2.24) is 0 Å². The molecule has 14 heavy (non-hydrogen) atoms. The zero-order valence-electron chi connectivity index (χ0n) is 8.48. The maximum Gasteiger partial charge on any atom is 0.159 e. The van der Waals surface area contributed by atoms with Crippen LogP contribution in [0.1, 0.15) is 31.4 Å². The highest BCUT2D eigenvalue weighted by Gasteiger charge is 2.06. The normalized spacial score (nSPS) is 11.1. The summed E-state index contributed by atoms with van der Waals surface area (Å²) in [5.74, 6) is -1.54. The minimum absolute atomic E-state index is 0.762. The molecule has 0 aromatic heterocycles. The molecule has 0 bridgehead atoms. The van der Waals surface area contributed by atoms with Gasteiger partial charge in [-0.15, -0.1) is 0 Å². The van der Waals surface area contributed by atoms with Gasteiger partial charge in [-0.25, -0.2) is 8.78 Å². The number of benzene rings is 1. The third-order valence-corrected chi connectivity index (χ3v) is 2.05. The number of hydrogen-bond donors (Lipinski definition) is 0. The van der Waals surface area contributed by atoms with E-state index >= 15 is 0 Å². The Balaban J connectivity index is 3.16. The van der Waals surface area contributed by atoms with Gasteiger partial charge in [0, 0.05) is 0 Å². The molecule has 0 unspecified atom stereocenters. The summed E-state index contributed by atoms with van der Waals surface area (Å²) in [5.41, 5.74) is 1.64. The van der Waals surface area contributed by atoms with Crippen molar-refractivity contribution in [2.45, 2.75) is 26.7 Å². The van der Waals surface area contributed by atoms with Crippen LogP contribution in [0.2, 0.25) is 0 Å². The number of aryl methyl sites for hydroxylation is 1. The van der Waals surface area contributed by atoms with E-state index in [9.17, 15) is 8.78 Å². The van der Waals surface area contributed by atoms with Crippen molar-refractivity contribution in [3.63, 3.8) is 0 Å². The molecule has 0 saturated heterocycles. The van der Waals surface area contributed by atoms with E-state index in [4.69, 9.17) is 0 Å². The number of rotatable bonds is 3. The molecule has 0 aliphatic rings. The molecule has 0 spiro atoms. The third kappa shape index (κ3) is 2.41. The van der Waals surface area contributed by atoms with Crippen molar-refractivity contribution in [1.29, 1.82) is 0 Å². The van der Waals surface area contributed by atoms with Gasteiger partial charge in [0.1, 0.15) is 0 Å². The van der Waals surface area contributed by atoms with Gasteiger partial charge in [0.25, 0.3) is 0 Å². The summed E-state index contributed by atoms with van der Waals surface area (Å²) in [7, 11) is 0. The molecule has 0 fully saturated rings. The van der Waals surface area contributed by atoms with Gasteiger partial charge >= 0.3 is 0 Å². The highest BCUT2D eigenvalue weighted by molar-refractivity contribution is 5.53. The Hall–Kier alpha value is -1.18. The van der Waals surface area contributed by atoms with Gasteiger partial charge in [-0.3, -0.25) is 0 Å². The predicted molar refractivity (Wildman–Crippen MR) is 55.1 cm³/mol. The molecule has 0 amide bonds. The lowest BCUT2D eigenvalue weighted by atomic mass is 10.0. The molecule has 1 rings (SSSR count). The molecule has 0 nitrogen and oxygen atoms in total. The summed E-state index contributed by atoms with van der Waals surface area (Å²) >= 11 is 0. The molecule has 0 aliphatic carbocycles. The first-order valence-electron chi connectivity index (χ1n) is 4.79. The summed E-state index contributed by atoms with van der Waals surface area (Å²) in [6.45, 7) is 3.87. The highest BCUT2D eigenvalue weighted by Crippen LogP contribution is 2.18. The van der Waals surface area contributed by atoms with Gasteiger partial charge < -0.3 is 0 Å². The first-order chi connectivity index (χ1) is 6.69. The lowest BCUT2D eigenvalue weighted by Gasteiger charge is -2.05. The minimum atomic E-state index is -0.780. The van der Waals surface area contributed by atoms with Crippen LogP contribution in [0.3, 0.4) is 0 Å². The highest BCUT2D eigenvalue weighted by atomic mass is 19.2. The molecule has 0 atom stereocenters. The van der Waals surface area contributed by atoms with Crippen LogP contribution in [0.4, 0.5) is 8.78 Å². The van der Waals surface area contributed by atoms with E-state index < -0.39 is 11.6 Å².